The van der Waals surface area contributed by atoms with Crippen LogP contribution in [0.2, 0.25) is 0 Å². The molecule has 1 heterocycles. The van der Waals surface area contributed by atoms with Crippen LogP contribution >= 0.6 is 15.9 Å². The summed E-state index contributed by atoms with van der Waals surface area (Å²) in [4.78, 5) is 13.6. The molecule has 0 saturated heterocycles. The highest BCUT2D eigenvalue weighted by atomic mass is 79.9. The number of carbonyl (C=O) groups is 1. The van der Waals surface area contributed by atoms with Crippen LogP contribution in [0.15, 0.2) is 16.6 Å². The van der Waals surface area contributed by atoms with Crippen LogP contribution in [-0.2, 0) is 10.2 Å². The predicted molar refractivity (Wildman–Crippen MR) is 76.4 cm³/mol. The summed E-state index contributed by atoms with van der Waals surface area (Å²) in [5.74, 6) is 0.850. The number of hydrogen-bond donors (Lipinski definition) is 0. The van der Waals surface area contributed by atoms with Gasteiger partial charge in [-0.1, -0.05) is 20.8 Å². The number of anilines is 1. The van der Waals surface area contributed by atoms with Crippen molar-refractivity contribution in [3.05, 3.63) is 22.2 Å². The maximum atomic E-state index is 11.9. The third-order valence-electron chi connectivity index (χ3n) is 3.19. The molecule has 0 N–H and O–H groups in total. The smallest absolute Gasteiger partial charge is 0.230 e. The maximum Gasteiger partial charge on any atom is 0.230 e. The van der Waals surface area contributed by atoms with Crippen molar-refractivity contribution in [2.75, 3.05) is 18.6 Å². The minimum absolute atomic E-state index is 0.0355. The predicted octanol–water partition coefficient (Wildman–Crippen LogP) is 3.49. The Labute approximate surface area is 116 Å². The minimum Gasteiger partial charge on any atom is -0.490 e. The van der Waals surface area contributed by atoms with Crippen molar-refractivity contribution in [1.82, 2.24) is 0 Å². The van der Waals surface area contributed by atoms with Gasteiger partial charge >= 0.3 is 0 Å². The zero-order valence-corrected chi connectivity index (χ0v) is 12.8. The highest BCUT2D eigenvalue weighted by Crippen LogP contribution is 2.41. The Hall–Kier alpha value is -1.03. The lowest BCUT2D eigenvalue weighted by Gasteiger charge is -2.24. The summed E-state index contributed by atoms with van der Waals surface area (Å²) in [5, 5.41) is 0. The molecule has 0 spiro atoms. The number of nitrogens with zero attached hydrogens (tertiary/aromatic N) is 1. The average Bonchev–Trinajstić information content (AvgIpc) is 2.40. The third kappa shape index (κ3) is 2.39. The van der Waals surface area contributed by atoms with Gasteiger partial charge in [-0.25, -0.2) is 0 Å². The summed E-state index contributed by atoms with van der Waals surface area (Å²) in [7, 11) is 1.80. The molecule has 1 aliphatic heterocycles. The molecular weight excluding hydrogens is 294 g/mol. The average molecular weight is 312 g/mol. The third-order valence-corrected chi connectivity index (χ3v) is 3.78. The summed E-state index contributed by atoms with van der Waals surface area (Å²) in [5.41, 5.74) is 2.06. The van der Waals surface area contributed by atoms with Gasteiger partial charge in [0.2, 0.25) is 5.91 Å². The fraction of sp³-hybridized carbons (Fsp3) is 0.500. The van der Waals surface area contributed by atoms with E-state index in [-0.39, 0.29) is 11.3 Å². The minimum atomic E-state index is 0.0355. The highest BCUT2D eigenvalue weighted by molar-refractivity contribution is 9.10. The normalized spacial score (nSPS) is 16.1. The fourth-order valence-electron chi connectivity index (χ4n) is 1.95. The highest BCUT2D eigenvalue weighted by Gasteiger charge is 2.25. The van der Waals surface area contributed by atoms with Crippen LogP contribution in [-0.4, -0.2) is 19.6 Å². The van der Waals surface area contributed by atoms with Gasteiger partial charge in [-0.3, -0.25) is 4.79 Å². The van der Waals surface area contributed by atoms with Crippen molar-refractivity contribution in [3.8, 4) is 5.75 Å². The van der Waals surface area contributed by atoms with Crippen LogP contribution in [0.1, 0.15) is 32.8 Å². The van der Waals surface area contributed by atoms with E-state index in [9.17, 15) is 4.79 Å². The Morgan fingerprint density at radius 2 is 2.00 bits per heavy atom. The first-order valence-electron chi connectivity index (χ1n) is 6.04. The SMILES string of the molecule is CN1C(=O)CCOc2c(Br)cc(C(C)(C)C)cc21. The van der Waals surface area contributed by atoms with Crippen molar-refractivity contribution in [1.29, 1.82) is 0 Å². The van der Waals surface area contributed by atoms with E-state index in [0.29, 0.717) is 13.0 Å². The molecule has 1 aromatic carbocycles. The Kier molecular flexibility index (Phi) is 3.41. The number of rotatable bonds is 0. The molecule has 0 fully saturated rings. The molecule has 2 rings (SSSR count). The Balaban J connectivity index is 2.60. The molecule has 0 atom stereocenters. The lowest BCUT2D eigenvalue weighted by Crippen LogP contribution is -2.25. The molecule has 4 heteroatoms. The first-order valence-corrected chi connectivity index (χ1v) is 6.83. The topological polar surface area (TPSA) is 29.5 Å². The first kappa shape index (κ1) is 13.4. The molecule has 98 valence electrons. The van der Waals surface area contributed by atoms with Crippen molar-refractivity contribution in [2.24, 2.45) is 0 Å². The Bertz CT molecular complexity index is 491. The van der Waals surface area contributed by atoms with Crippen LogP contribution < -0.4 is 9.64 Å². The van der Waals surface area contributed by atoms with E-state index in [4.69, 9.17) is 4.74 Å². The van der Waals surface area contributed by atoms with Crippen molar-refractivity contribution >= 4 is 27.5 Å². The van der Waals surface area contributed by atoms with E-state index < -0.39 is 0 Å². The molecule has 0 saturated carbocycles. The van der Waals surface area contributed by atoms with Crippen LogP contribution in [0.3, 0.4) is 0 Å². The van der Waals surface area contributed by atoms with E-state index in [1.165, 1.54) is 5.56 Å². The monoisotopic (exact) mass is 311 g/mol. The van der Waals surface area contributed by atoms with Gasteiger partial charge in [0.1, 0.15) is 0 Å². The quantitative estimate of drug-likeness (QED) is 0.734. The second kappa shape index (κ2) is 4.57. The molecule has 1 aromatic rings. The Morgan fingerprint density at radius 1 is 1.33 bits per heavy atom. The number of benzene rings is 1. The number of carbonyl (C=O) groups excluding carboxylic acids is 1. The molecule has 0 unspecified atom stereocenters. The fourth-order valence-corrected chi connectivity index (χ4v) is 2.51. The standard InChI is InChI=1S/C14H18BrNO2/c1-14(2,3)9-7-10(15)13-11(8-9)16(4)12(17)5-6-18-13/h7-8H,5-6H2,1-4H3. The molecule has 3 nitrogen and oxygen atoms in total. The van der Waals surface area contributed by atoms with Crippen molar-refractivity contribution in [3.63, 3.8) is 0 Å². The van der Waals surface area contributed by atoms with E-state index in [1.807, 2.05) is 6.07 Å². The van der Waals surface area contributed by atoms with Gasteiger partial charge in [-0.15, -0.1) is 0 Å². The van der Waals surface area contributed by atoms with E-state index in [2.05, 4.69) is 42.8 Å². The summed E-state index contributed by atoms with van der Waals surface area (Å²) < 4.78 is 6.59. The van der Waals surface area contributed by atoms with Crippen molar-refractivity contribution in [2.45, 2.75) is 32.6 Å². The number of hydrogen-bond acceptors (Lipinski definition) is 2. The summed E-state index contributed by atoms with van der Waals surface area (Å²) in [6, 6.07) is 4.12. The van der Waals surface area contributed by atoms with Gasteiger partial charge in [0.15, 0.2) is 5.75 Å². The van der Waals surface area contributed by atoms with Crippen molar-refractivity contribution < 1.29 is 9.53 Å². The van der Waals surface area contributed by atoms with Gasteiger partial charge in [0, 0.05) is 7.05 Å². The zero-order chi connectivity index (χ0) is 13.5. The van der Waals surface area contributed by atoms with Crippen LogP contribution in [0.4, 0.5) is 5.69 Å². The molecule has 18 heavy (non-hydrogen) atoms. The van der Waals surface area contributed by atoms with E-state index in [0.717, 1.165) is 15.9 Å². The van der Waals surface area contributed by atoms with Crippen LogP contribution in [0.25, 0.3) is 0 Å². The lowest BCUT2D eigenvalue weighted by atomic mass is 9.86. The van der Waals surface area contributed by atoms with E-state index in [1.54, 1.807) is 11.9 Å². The number of halogens is 1. The van der Waals surface area contributed by atoms with Gasteiger partial charge < -0.3 is 9.64 Å². The second-order valence-corrected chi connectivity index (χ2v) is 6.46. The lowest BCUT2D eigenvalue weighted by molar-refractivity contribution is -0.118. The van der Waals surface area contributed by atoms with Gasteiger partial charge in [-0.05, 0) is 39.0 Å². The maximum absolute atomic E-state index is 11.9. The largest absolute Gasteiger partial charge is 0.490 e. The zero-order valence-electron chi connectivity index (χ0n) is 11.2. The van der Waals surface area contributed by atoms with E-state index >= 15 is 0 Å². The molecule has 0 bridgehead atoms. The number of ether oxygens (including phenoxy) is 1. The molecular formula is C14H18BrNO2. The molecule has 1 aliphatic rings. The second-order valence-electron chi connectivity index (χ2n) is 5.61. The summed E-state index contributed by atoms with van der Waals surface area (Å²) in [6.07, 6.45) is 0.419. The van der Waals surface area contributed by atoms with Crippen LogP contribution in [0.5, 0.6) is 5.75 Å². The molecule has 0 aromatic heterocycles. The van der Waals surface area contributed by atoms with Crippen LogP contribution in [0, 0.1) is 0 Å². The summed E-state index contributed by atoms with van der Waals surface area (Å²) in [6.45, 7) is 6.89. The Morgan fingerprint density at radius 3 is 2.61 bits per heavy atom. The van der Waals surface area contributed by atoms with Gasteiger partial charge in [0.05, 0.1) is 23.2 Å². The molecule has 0 radical (unpaired) electrons. The van der Waals surface area contributed by atoms with Gasteiger partial charge in [0.25, 0.3) is 0 Å². The first-order chi connectivity index (χ1) is 8.30. The molecule has 0 aliphatic carbocycles. The summed E-state index contributed by atoms with van der Waals surface area (Å²) >= 11 is 3.54. The molecule has 1 amide bonds. The number of fused-ring (bicyclic) bond motifs is 1. The van der Waals surface area contributed by atoms with Gasteiger partial charge in [-0.2, -0.15) is 0 Å². The number of amides is 1.